The molecular formula is C21H32N4O. The number of fused-ring (bicyclic) bond motifs is 1. The van der Waals surface area contributed by atoms with Crippen molar-refractivity contribution in [1.82, 2.24) is 19.7 Å². The normalized spacial score (nSPS) is 20.5. The SMILES string of the molecule is C#CC(=O)N1CCc2cccnc2C1CN1CCN(C)CC1.CCCC. The number of carbonyl (C=O) groups is 1. The van der Waals surface area contributed by atoms with Gasteiger partial charge in [0.2, 0.25) is 0 Å². The third-order valence-electron chi connectivity index (χ3n) is 5.15. The molecule has 0 radical (unpaired) electrons. The summed E-state index contributed by atoms with van der Waals surface area (Å²) in [6, 6.07) is 4.04. The van der Waals surface area contributed by atoms with Gasteiger partial charge < -0.3 is 9.80 Å². The van der Waals surface area contributed by atoms with Gasteiger partial charge in [-0.2, -0.15) is 0 Å². The standard InChI is InChI=1S/C17H22N4O.C4H10/c1-3-16(22)21-8-6-14-5-4-7-18-17(14)15(21)13-20-11-9-19(2)10-12-20;1-3-4-2/h1,4-5,7,15H,6,8-13H2,2H3;3-4H2,1-2H3. The highest BCUT2D eigenvalue weighted by Gasteiger charge is 2.33. The van der Waals surface area contributed by atoms with Crippen molar-refractivity contribution in [1.29, 1.82) is 0 Å². The Bertz CT molecular complexity index is 615. The minimum atomic E-state index is -0.226. The van der Waals surface area contributed by atoms with Gasteiger partial charge in [-0.15, -0.1) is 6.42 Å². The molecule has 0 bridgehead atoms. The molecule has 3 heterocycles. The molecule has 1 aromatic heterocycles. The highest BCUT2D eigenvalue weighted by molar-refractivity contribution is 5.93. The molecule has 0 aliphatic carbocycles. The van der Waals surface area contributed by atoms with Crippen LogP contribution in [0.2, 0.25) is 0 Å². The van der Waals surface area contributed by atoms with Crippen LogP contribution in [0.5, 0.6) is 0 Å². The summed E-state index contributed by atoms with van der Waals surface area (Å²) in [5.41, 5.74) is 2.25. The fraction of sp³-hybridized carbons (Fsp3) is 0.619. The Morgan fingerprint density at radius 3 is 2.54 bits per heavy atom. The van der Waals surface area contributed by atoms with Gasteiger partial charge in [-0.3, -0.25) is 14.7 Å². The Labute approximate surface area is 158 Å². The number of likely N-dealkylation sites (N-methyl/N-ethyl adjacent to an activating group) is 1. The number of rotatable bonds is 3. The van der Waals surface area contributed by atoms with E-state index in [1.54, 1.807) is 6.20 Å². The number of hydrogen-bond acceptors (Lipinski definition) is 4. The maximum absolute atomic E-state index is 12.1. The lowest BCUT2D eigenvalue weighted by Crippen LogP contribution is -2.50. The third-order valence-corrected chi connectivity index (χ3v) is 5.15. The molecule has 2 aliphatic heterocycles. The van der Waals surface area contributed by atoms with Crippen LogP contribution in [0.1, 0.15) is 44.0 Å². The van der Waals surface area contributed by atoms with Gasteiger partial charge in [0.25, 0.3) is 5.91 Å². The first-order valence-corrected chi connectivity index (χ1v) is 9.72. The topological polar surface area (TPSA) is 39.7 Å². The molecule has 3 rings (SSSR count). The van der Waals surface area contributed by atoms with Crippen LogP contribution >= 0.6 is 0 Å². The molecule has 0 saturated carbocycles. The van der Waals surface area contributed by atoms with Crippen molar-refractivity contribution in [3.05, 3.63) is 29.6 Å². The fourth-order valence-electron chi connectivity index (χ4n) is 3.29. The molecule has 1 fully saturated rings. The van der Waals surface area contributed by atoms with Crippen LogP contribution in [0.25, 0.3) is 0 Å². The van der Waals surface area contributed by atoms with Gasteiger partial charge in [0.05, 0.1) is 11.7 Å². The van der Waals surface area contributed by atoms with E-state index >= 15 is 0 Å². The Kier molecular flexibility index (Phi) is 8.08. The van der Waals surface area contributed by atoms with Crippen LogP contribution < -0.4 is 0 Å². The van der Waals surface area contributed by atoms with Crippen molar-refractivity contribution in [2.24, 2.45) is 0 Å². The summed E-state index contributed by atoms with van der Waals surface area (Å²) in [6.45, 7) is 10.0. The number of piperazine rings is 1. The zero-order valence-corrected chi connectivity index (χ0v) is 16.4. The minimum absolute atomic E-state index is 0.0306. The van der Waals surface area contributed by atoms with E-state index in [0.717, 1.165) is 44.8 Å². The lowest BCUT2D eigenvalue weighted by Gasteiger charge is -2.40. The minimum Gasteiger partial charge on any atom is -0.322 e. The average molecular weight is 357 g/mol. The van der Waals surface area contributed by atoms with E-state index in [4.69, 9.17) is 6.42 Å². The second-order valence-electron chi connectivity index (χ2n) is 7.06. The molecular weight excluding hydrogens is 324 g/mol. The number of unbranched alkanes of at least 4 members (excludes halogenated alkanes) is 1. The summed E-state index contributed by atoms with van der Waals surface area (Å²) >= 11 is 0. The first-order valence-electron chi connectivity index (χ1n) is 9.72. The molecule has 0 spiro atoms. The fourth-order valence-corrected chi connectivity index (χ4v) is 3.29. The molecule has 1 unspecified atom stereocenters. The lowest BCUT2D eigenvalue weighted by atomic mass is 9.97. The number of terminal acetylenes is 1. The van der Waals surface area contributed by atoms with Crippen LogP contribution in [0.3, 0.4) is 0 Å². The smallest absolute Gasteiger partial charge is 0.298 e. The summed E-state index contributed by atoms with van der Waals surface area (Å²) in [5, 5.41) is 0. The summed E-state index contributed by atoms with van der Waals surface area (Å²) in [6.07, 6.45) is 10.6. The molecule has 1 aromatic rings. The number of aromatic nitrogens is 1. The monoisotopic (exact) mass is 356 g/mol. The second-order valence-corrected chi connectivity index (χ2v) is 7.06. The predicted molar refractivity (Wildman–Crippen MR) is 106 cm³/mol. The number of pyridine rings is 1. The van der Waals surface area contributed by atoms with Gasteiger partial charge in [0, 0.05) is 45.5 Å². The number of carbonyl (C=O) groups excluding carboxylic acids is 1. The van der Waals surface area contributed by atoms with Crippen LogP contribution in [-0.2, 0) is 11.2 Å². The van der Waals surface area contributed by atoms with E-state index in [0.29, 0.717) is 6.54 Å². The highest BCUT2D eigenvalue weighted by atomic mass is 16.2. The molecule has 0 N–H and O–H groups in total. The van der Waals surface area contributed by atoms with E-state index in [-0.39, 0.29) is 11.9 Å². The van der Waals surface area contributed by atoms with Gasteiger partial charge in [-0.05, 0) is 31.0 Å². The van der Waals surface area contributed by atoms with Crippen molar-refractivity contribution in [3.8, 4) is 12.3 Å². The van der Waals surface area contributed by atoms with Crippen molar-refractivity contribution in [2.45, 2.75) is 39.2 Å². The Morgan fingerprint density at radius 2 is 1.92 bits per heavy atom. The van der Waals surface area contributed by atoms with Crippen LogP contribution in [-0.4, -0.2) is 71.9 Å². The summed E-state index contributed by atoms with van der Waals surface area (Å²) in [4.78, 5) is 23.2. The van der Waals surface area contributed by atoms with Crippen molar-refractivity contribution >= 4 is 5.91 Å². The molecule has 1 saturated heterocycles. The van der Waals surface area contributed by atoms with E-state index in [9.17, 15) is 4.79 Å². The maximum Gasteiger partial charge on any atom is 0.298 e. The molecule has 1 amide bonds. The van der Waals surface area contributed by atoms with Crippen molar-refractivity contribution < 1.29 is 4.79 Å². The molecule has 2 aliphatic rings. The zero-order valence-electron chi connectivity index (χ0n) is 16.4. The Hall–Kier alpha value is -1.90. The van der Waals surface area contributed by atoms with E-state index in [1.807, 2.05) is 11.0 Å². The van der Waals surface area contributed by atoms with Crippen LogP contribution in [0.4, 0.5) is 0 Å². The number of amides is 1. The summed E-state index contributed by atoms with van der Waals surface area (Å²) < 4.78 is 0. The van der Waals surface area contributed by atoms with E-state index in [1.165, 1.54) is 18.4 Å². The van der Waals surface area contributed by atoms with Gasteiger partial charge in [0.15, 0.2) is 0 Å². The predicted octanol–water partition coefficient (Wildman–Crippen LogP) is 2.19. The van der Waals surface area contributed by atoms with Gasteiger partial charge in [-0.1, -0.05) is 32.8 Å². The van der Waals surface area contributed by atoms with Crippen molar-refractivity contribution in [2.75, 3.05) is 46.3 Å². The Balaban J connectivity index is 0.000000552. The van der Waals surface area contributed by atoms with Gasteiger partial charge in [0.1, 0.15) is 0 Å². The second kappa shape index (κ2) is 10.3. The third kappa shape index (κ3) is 5.30. The average Bonchev–Trinajstić information content (AvgIpc) is 2.69. The largest absolute Gasteiger partial charge is 0.322 e. The molecule has 0 aromatic carbocycles. The highest BCUT2D eigenvalue weighted by Crippen LogP contribution is 2.29. The molecule has 142 valence electrons. The van der Waals surface area contributed by atoms with Crippen LogP contribution in [0, 0.1) is 12.3 Å². The molecule has 5 heteroatoms. The maximum atomic E-state index is 12.1. The Morgan fingerprint density at radius 1 is 1.23 bits per heavy atom. The molecule has 1 atom stereocenters. The lowest BCUT2D eigenvalue weighted by molar-refractivity contribution is -0.128. The zero-order chi connectivity index (χ0) is 18.9. The summed E-state index contributed by atoms with van der Waals surface area (Å²) in [7, 11) is 2.14. The number of hydrogen-bond donors (Lipinski definition) is 0. The van der Waals surface area contributed by atoms with Crippen LogP contribution in [0.15, 0.2) is 18.3 Å². The first-order chi connectivity index (χ1) is 12.6. The first kappa shape index (κ1) is 20.4. The van der Waals surface area contributed by atoms with Crippen molar-refractivity contribution in [3.63, 3.8) is 0 Å². The molecule has 5 nitrogen and oxygen atoms in total. The van der Waals surface area contributed by atoms with E-state index in [2.05, 4.69) is 47.7 Å². The van der Waals surface area contributed by atoms with Gasteiger partial charge in [-0.25, -0.2) is 0 Å². The quantitative estimate of drug-likeness (QED) is 0.779. The number of nitrogens with zero attached hydrogens (tertiary/aromatic N) is 4. The molecule has 26 heavy (non-hydrogen) atoms. The van der Waals surface area contributed by atoms with Gasteiger partial charge >= 0.3 is 0 Å². The van der Waals surface area contributed by atoms with E-state index < -0.39 is 0 Å². The summed E-state index contributed by atoms with van der Waals surface area (Å²) in [5.74, 6) is 2.05.